The molecular formula is C31H28FN3O3S. The van der Waals surface area contributed by atoms with E-state index in [1.165, 1.54) is 12.1 Å². The second kappa shape index (κ2) is 10.0. The van der Waals surface area contributed by atoms with Crippen molar-refractivity contribution < 1.29 is 17.6 Å². The van der Waals surface area contributed by atoms with Crippen LogP contribution in [0.15, 0.2) is 102 Å². The number of fused-ring (bicyclic) bond motifs is 1. The molecule has 0 atom stereocenters. The maximum Gasteiger partial charge on any atom is 0.272 e. The van der Waals surface area contributed by atoms with Crippen LogP contribution in [0.2, 0.25) is 0 Å². The molecule has 0 aliphatic carbocycles. The van der Waals surface area contributed by atoms with Crippen molar-refractivity contribution in [1.82, 2.24) is 4.98 Å². The number of amides is 1. The number of rotatable bonds is 6. The highest BCUT2D eigenvalue weighted by molar-refractivity contribution is 7.92. The molecule has 0 saturated carbocycles. The molecular weight excluding hydrogens is 513 g/mol. The maximum absolute atomic E-state index is 14.2. The number of halogens is 1. The number of anilines is 2. The van der Waals surface area contributed by atoms with Gasteiger partial charge in [0.1, 0.15) is 11.5 Å². The largest absolute Gasteiger partial charge is 0.350 e. The number of aromatic amines is 1. The zero-order chi connectivity index (χ0) is 27.8. The molecule has 6 nitrogen and oxygen atoms in total. The number of carbonyl (C=O) groups is 1. The van der Waals surface area contributed by atoms with Crippen LogP contribution in [-0.4, -0.2) is 19.3 Å². The number of benzene rings is 4. The molecule has 8 heteroatoms. The monoisotopic (exact) mass is 541 g/mol. The second-order valence-electron chi connectivity index (χ2n) is 10.3. The van der Waals surface area contributed by atoms with Gasteiger partial charge in [0, 0.05) is 22.2 Å². The first-order valence-corrected chi connectivity index (χ1v) is 13.9. The Kier molecular flexibility index (Phi) is 6.74. The lowest BCUT2D eigenvalue weighted by Crippen LogP contribution is -2.15. The molecule has 0 aliphatic heterocycles. The summed E-state index contributed by atoms with van der Waals surface area (Å²) in [4.78, 5) is 16.6. The number of sulfonamides is 1. The van der Waals surface area contributed by atoms with Gasteiger partial charge in [-0.05, 0) is 59.0 Å². The van der Waals surface area contributed by atoms with Gasteiger partial charge in [0.2, 0.25) is 0 Å². The van der Waals surface area contributed by atoms with Gasteiger partial charge in [-0.15, -0.1) is 0 Å². The summed E-state index contributed by atoms with van der Waals surface area (Å²) in [5.74, 6) is -1.06. The lowest BCUT2D eigenvalue weighted by atomic mass is 9.87. The SMILES string of the molecule is CC(C)(C)c1ccc(S(=O)(=O)Nc2ccc3[nH]c(C(=O)Nc4ccccc4F)c(-c4ccccc4)c3c2)cc1. The number of carbonyl (C=O) groups excluding carboxylic acids is 1. The summed E-state index contributed by atoms with van der Waals surface area (Å²) in [7, 11) is -3.86. The Hall–Kier alpha value is -4.43. The quantitative estimate of drug-likeness (QED) is 0.210. The van der Waals surface area contributed by atoms with Crippen LogP contribution in [-0.2, 0) is 15.4 Å². The van der Waals surface area contributed by atoms with Crippen LogP contribution < -0.4 is 10.0 Å². The molecule has 1 heterocycles. The van der Waals surface area contributed by atoms with Gasteiger partial charge in [-0.3, -0.25) is 9.52 Å². The first kappa shape index (κ1) is 26.2. The van der Waals surface area contributed by atoms with Crippen LogP contribution in [0.25, 0.3) is 22.0 Å². The number of hydrogen-bond acceptors (Lipinski definition) is 3. The van der Waals surface area contributed by atoms with Gasteiger partial charge >= 0.3 is 0 Å². The molecule has 0 radical (unpaired) electrons. The molecule has 4 aromatic carbocycles. The van der Waals surface area contributed by atoms with E-state index in [1.54, 1.807) is 42.5 Å². The van der Waals surface area contributed by atoms with Crippen molar-refractivity contribution in [3.8, 4) is 11.1 Å². The number of aromatic nitrogens is 1. The maximum atomic E-state index is 14.2. The van der Waals surface area contributed by atoms with E-state index >= 15 is 0 Å². The Morgan fingerprint density at radius 3 is 2.18 bits per heavy atom. The van der Waals surface area contributed by atoms with E-state index < -0.39 is 21.7 Å². The van der Waals surface area contributed by atoms with E-state index in [0.29, 0.717) is 22.2 Å². The highest BCUT2D eigenvalue weighted by Crippen LogP contribution is 2.35. The Morgan fingerprint density at radius 1 is 0.846 bits per heavy atom. The highest BCUT2D eigenvalue weighted by atomic mass is 32.2. The van der Waals surface area contributed by atoms with Gasteiger partial charge in [-0.1, -0.05) is 75.4 Å². The minimum absolute atomic E-state index is 0.0612. The third-order valence-corrected chi connectivity index (χ3v) is 7.89. The van der Waals surface area contributed by atoms with Crippen LogP contribution in [0.4, 0.5) is 15.8 Å². The summed E-state index contributed by atoms with van der Waals surface area (Å²) in [5, 5.41) is 3.27. The summed E-state index contributed by atoms with van der Waals surface area (Å²) in [5.41, 5.74) is 3.53. The molecule has 3 N–H and O–H groups in total. The molecule has 39 heavy (non-hydrogen) atoms. The van der Waals surface area contributed by atoms with Crippen LogP contribution in [0, 0.1) is 5.82 Å². The molecule has 0 aliphatic rings. The normalized spacial score (nSPS) is 11.9. The molecule has 1 aromatic heterocycles. The van der Waals surface area contributed by atoms with Crippen molar-refractivity contribution in [2.24, 2.45) is 0 Å². The van der Waals surface area contributed by atoms with Gasteiger partial charge in [-0.25, -0.2) is 12.8 Å². The van der Waals surface area contributed by atoms with Crippen molar-refractivity contribution in [2.75, 3.05) is 10.0 Å². The number of para-hydroxylation sites is 1. The van der Waals surface area contributed by atoms with Crippen LogP contribution >= 0.6 is 0 Å². The fourth-order valence-electron chi connectivity index (χ4n) is 4.43. The van der Waals surface area contributed by atoms with E-state index in [4.69, 9.17) is 0 Å². The molecule has 0 unspecified atom stereocenters. The third-order valence-electron chi connectivity index (χ3n) is 6.49. The summed E-state index contributed by atoms with van der Waals surface area (Å²) in [6, 6.07) is 27.1. The van der Waals surface area contributed by atoms with Gasteiger partial charge in [-0.2, -0.15) is 0 Å². The van der Waals surface area contributed by atoms with Crippen molar-refractivity contribution in [1.29, 1.82) is 0 Å². The summed E-state index contributed by atoms with van der Waals surface area (Å²) in [6.07, 6.45) is 0. The molecule has 0 fully saturated rings. The van der Waals surface area contributed by atoms with E-state index in [1.807, 2.05) is 42.5 Å². The fourth-order valence-corrected chi connectivity index (χ4v) is 5.48. The zero-order valence-electron chi connectivity index (χ0n) is 21.7. The van der Waals surface area contributed by atoms with Crippen molar-refractivity contribution in [3.63, 3.8) is 0 Å². The highest BCUT2D eigenvalue weighted by Gasteiger charge is 2.22. The van der Waals surface area contributed by atoms with Crippen molar-refractivity contribution in [2.45, 2.75) is 31.1 Å². The van der Waals surface area contributed by atoms with E-state index in [9.17, 15) is 17.6 Å². The molecule has 198 valence electrons. The smallest absolute Gasteiger partial charge is 0.272 e. The first-order chi connectivity index (χ1) is 18.5. The topological polar surface area (TPSA) is 91.1 Å². The summed E-state index contributed by atoms with van der Waals surface area (Å²) < 4.78 is 43.3. The number of nitrogens with one attached hydrogen (secondary N) is 3. The molecule has 5 aromatic rings. The lowest BCUT2D eigenvalue weighted by Gasteiger charge is -2.19. The van der Waals surface area contributed by atoms with E-state index in [0.717, 1.165) is 11.1 Å². The van der Waals surface area contributed by atoms with Crippen LogP contribution in [0.1, 0.15) is 36.8 Å². The van der Waals surface area contributed by atoms with E-state index in [-0.39, 0.29) is 21.7 Å². The van der Waals surface area contributed by atoms with Crippen molar-refractivity contribution in [3.05, 3.63) is 114 Å². The minimum Gasteiger partial charge on any atom is -0.350 e. The standard InChI is InChI=1S/C31H28FN3O3S/c1-31(2,3)21-13-16-23(17-14-21)39(37,38)35-22-15-18-26-24(19-22)28(20-9-5-4-6-10-20)29(33-26)30(36)34-27-12-8-7-11-25(27)32/h4-19,33,35H,1-3H3,(H,34,36). The third kappa shape index (κ3) is 5.42. The fraction of sp³-hybridized carbons (Fsp3) is 0.129. The average Bonchev–Trinajstić information content (AvgIpc) is 3.29. The second-order valence-corrected chi connectivity index (χ2v) is 12.0. The van der Waals surface area contributed by atoms with Gasteiger partial charge in [0.15, 0.2) is 0 Å². The molecule has 0 spiro atoms. The van der Waals surface area contributed by atoms with Crippen molar-refractivity contribution >= 4 is 38.2 Å². The first-order valence-electron chi connectivity index (χ1n) is 12.4. The average molecular weight is 542 g/mol. The lowest BCUT2D eigenvalue weighted by molar-refractivity contribution is 0.102. The van der Waals surface area contributed by atoms with E-state index in [2.05, 4.69) is 35.8 Å². The minimum atomic E-state index is -3.86. The Morgan fingerprint density at radius 2 is 1.51 bits per heavy atom. The molecule has 5 rings (SSSR count). The molecule has 0 bridgehead atoms. The Labute approximate surface area is 227 Å². The predicted molar refractivity (Wildman–Crippen MR) is 154 cm³/mol. The predicted octanol–water partition coefficient (Wildman–Crippen LogP) is 7.32. The molecule has 0 saturated heterocycles. The Balaban J connectivity index is 1.54. The zero-order valence-corrected chi connectivity index (χ0v) is 22.6. The van der Waals surface area contributed by atoms with Gasteiger partial charge in [0.05, 0.1) is 10.6 Å². The number of hydrogen-bond donors (Lipinski definition) is 3. The summed E-state index contributed by atoms with van der Waals surface area (Å²) in [6.45, 7) is 6.20. The number of H-pyrrole nitrogens is 1. The summed E-state index contributed by atoms with van der Waals surface area (Å²) >= 11 is 0. The molecule has 1 amide bonds. The van der Waals surface area contributed by atoms with Crippen LogP contribution in [0.5, 0.6) is 0 Å². The van der Waals surface area contributed by atoms with Gasteiger partial charge in [0.25, 0.3) is 15.9 Å². The van der Waals surface area contributed by atoms with Crippen LogP contribution in [0.3, 0.4) is 0 Å². The Bertz CT molecular complexity index is 1770. The van der Waals surface area contributed by atoms with Gasteiger partial charge < -0.3 is 10.3 Å².